The van der Waals surface area contributed by atoms with Crippen molar-refractivity contribution in [3.05, 3.63) is 6.92 Å². The Bertz CT molecular complexity index is 111. The summed E-state index contributed by atoms with van der Waals surface area (Å²) in [6.07, 6.45) is 2.88. The first-order valence-electron chi connectivity index (χ1n) is 3.41. The van der Waals surface area contributed by atoms with Crippen molar-refractivity contribution >= 4 is 5.91 Å². The van der Waals surface area contributed by atoms with Gasteiger partial charge in [-0.2, -0.15) is 0 Å². The van der Waals surface area contributed by atoms with Crippen LogP contribution in [0, 0.1) is 12.8 Å². The number of carbonyl (C=O) groups is 1. The molecule has 0 spiro atoms. The average Bonchev–Trinajstić information content (AvgIpc) is 1.89. The van der Waals surface area contributed by atoms with Crippen molar-refractivity contribution < 1.29 is 4.79 Å². The molecule has 51 valence electrons. The number of carbonyl (C=O) groups excluding carboxylic acids is 1. The zero-order valence-corrected chi connectivity index (χ0v) is 5.52. The standard InChI is InChI=1S/C7H12NO/c1-2-6-4-3-5-8-7(6)9/h6H,1-5H2,(H,8,9). The van der Waals surface area contributed by atoms with E-state index in [1.54, 1.807) is 0 Å². The van der Waals surface area contributed by atoms with Gasteiger partial charge in [-0.3, -0.25) is 4.79 Å². The normalized spacial score (nSPS) is 27.7. The van der Waals surface area contributed by atoms with Crippen molar-refractivity contribution in [1.29, 1.82) is 0 Å². The fraction of sp³-hybridized carbons (Fsp3) is 0.714. The molecule has 0 aromatic heterocycles. The van der Waals surface area contributed by atoms with Gasteiger partial charge in [-0.05, 0) is 19.3 Å². The zero-order chi connectivity index (χ0) is 6.69. The molecule has 1 unspecified atom stereocenters. The van der Waals surface area contributed by atoms with E-state index in [9.17, 15) is 4.79 Å². The van der Waals surface area contributed by atoms with Crippen LogP contribution in [0.15, 0.2) is 0 Å². The molecule has 1 aliphatic heterocycles. The molecule has 1 aliphatic rings. The SMILES string of the molecule is [CH2]CC1CCCNC1=O. The second-order valence-corrected chi connectivity index (χ2v) is 2.42. The summed E-state index contributed by atoms with van der Waals surface area (Å²) >= 11 is 0. The molecule has 1 amide bonds. The van der Waals surface area contributed by atoms with E-state index in [-0.39, 0.29) is 11.8 Å². The number of amides is 1. The van der Waals surface area contributed by atoms with Crippen LogP contribution in [0.25, 0.3) is 0 Å². The monoisotopic (exact) mass is 126 g/mol. The van der Waals surface area contributed by atoms with Crippen LogP contribution in [0.4, 0.5) is 0 Å². The molecule has 1 heterocycles. The highest BCUT2D eigenvalue weighted by Crippen LogP contribution is 2.13. The molecule has 0 saturated carbocycles. The van der Waals surface area contributed by atoms with Crippen molar-refractivity contribution in [3.63, 3.8) is 0 Å². The molecule has 1 saturated heterocycles. The highest BCUT2D eigenvalue weighted by atomic mass is 16.1. The molecule has 1 radical (unpaired) electrons. The Balaban J connectivity index is 2.39. The summed E-state index contributed by atoms with van der Waals surface area (Å²) in [6.45, 7) is 4.56. The minimum Gasteiger partial charge on any atom is -0.356 e. The minimum absolute atomic E-state index is 0.191. The quantitative estimate of drug-likeness (QED) is 0.551. The molecule has 0 bridgehead atoms. The second kappa shape index (κ2) is 2.85. The van der Waals surface area contributed by atoms with Gasteiger partial charge in [0.15, 0.2) is 0 Å². The van der Waals surface area contributed by atoms with Crippen LogP contribution in [0.1, 0.15) is 19.3 Å². The molecule has 1 rings (SSSR count). The summed E-state index contributed by atoms with van der Waals surface area (Å²) in [5, 5.41) is 2.80. The van der Waals surface area contributed by atoms with Crippen LogP contribution in [0.5, 0.6) is 0 Å². The van der Waals surface area contributed by atoms with E-state index in [2.05, 4.69) is 12.2 Å². The number of nitrogens with one attached hydrogen (secondary N) is 1. The lowest BCUT2D eigenvalue weighted by Gasteiger charge is -2.19. The van der Waals surface area contributed by atoms with E-state index in [0.29, 0.717) is 0 Å². The lowest BCUT2D eigenvalue weighted by Crippen LogP contribution is -2.35. The lowest BCUT2D eigenvalue weighted by atomic mass is 9.96. The summed E-state index contributed by atoms with van der Waals surface area (Å²) in [4.78, 5) is 10.9. The Morgan fingerprint density at radius 2 is 2.56 bits per heavy atom. The minimum atomic E-state index is 0.191. The third-order valence-corrected chi connectivity index (χ3v) is 1.75. The molecule has 0 aromatic rings. The molecule has 1 N–H and O–H groups in total. The van der Waals surface area contributed by atoms with E-state index in [4.69, 9.17) is 0 Å². The summed E-state index contributed by atoms with van der Waals surface area (Å²) in [7, 11) is 0. The second-order valence-electron chi connectivity index (χ2n) is 2.42. The molecule has 0 aliphatic carbocycles. The molecule has 0 aromatic carbocycles. The first kappa shape index (κ1) is 6.59. The highest BCUT2D eigenvalue weighted by molar-refractivity contribution is 5.79. The molecule has 1 atom stereocenters. The van der Waals surface area contributed by atoms with E-state index in [0.717, 1.165) is 25.8 Å². The largest absolute Gasteiger partial charge is 0.356 e. The van der Waals surface area contributed by atoms with Gasteiger partial charge in [-0.15, -0.1) is 0 Å². The van der Waals surface area contributed by atoms with E-state index >= 15 is 0 Å². The van der Waals surface area contributed by atoms with Gasteiger partial charge in [-0.25, -0.2) is 0 Å². The van der Waals surface area contributed by atoms with Crippen molar-refractivity contribution in [2.45, 2.75) is 19.3 Å². The summed E-state index contributed by atoms with van der Waals surface area (Å²) in [5.74, 6) is 0.384. The average molecular weight is 126 g/mol. The molecule has 2 nitrogen and oxygen atoms in total. The summed E-state index contributed by atoms with van der Waals surface area (Å²) < 4.78 is 0. The van der Waals surface area contributed by atoms with Crippen molar-refractivity contribution in [2.75, 3.05) is 6.54 Å². The van der Waals surface area contributed by atoms with Gasteiger partial charge in [0, 0.05) is 12.5 Å². The van der Waals surface area contributed by atoms with Crippen LogP contribution in [0.3, 0.4) is 0 Å². The van der Waals surface area contributed by atoms with E-state index in [1.807, 2.05) is 0 Å². The van der Waals surface area contributed by atoms with Crippen LogP contribution in [0.2, 0.25) is 0 Å². The van der Waals surface area contributed by atoms with Gasteiger partial charge in [0.05, 0.1) is 0 Å². The van der Waals surface area contributed by atoms with Gasteiger partial charge in [-0.1, -0.05) is 6.92 Å². The van der Waals surface area contributed by atoms with E-state index < -0.39 is 0 Å². The van der Waals surface area contributed by atoms with Crippen LogP contribution >= 0.6 is 0 Å². The molecular formula is C7H12NO. The first-order chi connectivity index (χ1) is 4.34. The fourth-order valence-corrected chi connectivity index (χ4v) is 1.11. The number of piperidine rings is 1. The molecule has 1 fully saturated rings. The Labute approximate surface area is 55.6 Å². The maximum absolute atomic E-state index is 10.9. The highest BCUT2D eigenvalue weighted by Gasteiger charge is 2.18. The molecular weight excluding hydrogens is 114 g/mol. The van der Waals surface area contributed by atoms with Gasteiger partial charge in [0.1, 0.15) is 0 Å². The van der Waals surface area contributed by atoms with Crippen LogP contribution in [-0.4, -0.2) is 12.5 Å². The van der Waals surface area contributed by atoms with Crippen LogP contribution in [-0.2, 0) is 4.79 Å². The van der Waals surface area contributed by atoms with Gasteiger partial charge in [0.2, 0.25) is 5.91 Å². The lowest BCUT2D eigenvalue weighted by molar-refractivity contribution is -0.126. The summed E-state index contributed by atoms with van der Waals surface area (Å²) in [5.41, 5.74) is 0. The fourth-order valence-electron chi connectivity index (χ4n) is 1.11. The molecule has 9 heavy (non-hydrogen) atoms. The van der Waals surface area contributed by atoms with Gasteiger partial charge < -0.3 is 5.32 Å². The Hall–Kier alpha value is -0.530. The predicted octanol–water partition coefficient (Wildman–Crippen LogP) is 0.737. The van der Waals surface area contributed by atoms with Gasteiger partial charge in [0.25, 0.3) is 0 Å². The molecule has 2 heteroatoms. The topological polar surface area (TPSA) is 29.1 Å². The van der Waals surface area contributed by atoms with Crippen molar-refractivity contribution in [2.24, 2.45) is 5.92 Å². The first-order valence-corrected chi connectivity index (χ1v) is 3.41. The zero-order valence-electron chi connectivity index (χ0n) is 5.52. The Morgan fingerprint density at radius 1 is 1.78 bits per heavy atom. The number of hydrogen-bond donors (Lipinski definition) is 1. The Kier molecular flexibility index (Phi) is 2.09. The Morgan fingerprint density at radius 3 is 3.00 bits per heavy atom. The van der Waals surface area contributed by atoms with Gasteiger partial charge >= 0.3 is 0 Å². The third kappa shape index (κ3) is 1.44. The number of hydrogen-bond acceptors (Lipinski definition) is 1. The number of rotatable bonds is 1. The summed E-state index contributed by atoms with van der Waals surface area (Å²) in [6, 6.07) is 0. The van der Waals surface area contributed by atoms with Crippen molar-refractivity contribution in [1.82, 2.24) is 5.32 Å². The maximum Gasteiger partial charge on any atom is 0.223 e. The predicted molar refractivity (Wildman–Crippen MR) is 35.7 cm³/mol. The van der Waals surface area contributed by atoms with E-state index in [1.165, 1.54) is 0 Å². The maximum atomic E-state index is 10.9. The van der Waals surface area contributed by atoms with Crippen molar-refractivity contribution in [3.8, 4) is 0 Å². The smallest absolute Gasteiger partial charge is 0.223 e. The van der Waals surface area contributed by atoms with Crippen LogP contribution < -0.4 is 5.32 Å². The third-order valence-electron chi connectivity index (χ3n) is 1.75.